The van der Waals surface area contributed by atoms with Crippen LogP contribution in [0.5, 0.6) is 0 Å². The Labute approximate surface area is 104 Å². The lowest BCUT2D eigenvalue weighted by Crippen LogP contribution is -2.43. The number of aliphatic hydroxyl groups excluding tert-OH is 1. The zero-order valence-electron chi connectivity index (χ0n) is 10.6. The minimum Gasteiger partial charge on any atom is -0.392 e. The van der Waals surface area contributed by atoms with Gasteiger partial charge in [0.25, 0.3) is 0 Å². The van der Waals surface area contributed by atoms with Gasteiger partial charge < -0.3 is 10.4 Å². The monoisotopic (exact) mass is 233 g/mol. The van der Waals surface area contributed by atoms with Crippen molar-refractivity contribution in [2.45, 2.75) is 50.7 Å². The van der Waals surface area contributed by atoms with Crippen molar-refractivity contribution in [1.82, 2.24) is 5.32 Å². The van der Waals surface area contributed by atoms with E-state index in [1.807, 2.05) is 0 Å². The fourth-order valence-corrected chi connectivity index (χ4v) is 2.58. The topological polar surface area (TPSA) is 32.3 Å². The van der Waals surface area contributed by atoms with E-state index in [1.165, 1.54) is 18.4 Å². The molecule has 1 aromatic rings. The molecule has 2 heteroatoms. The summed E-state index contributed by atoms with van der Waals surface area (Å²) in [5, 5.41) is 13.4. The first kappa shape index (κ1) is 12.6. The molecule has 1 aliphatic rings. The first-order chi connectivity index (χ1) is 8.27. The van der Waals surface area contributed by atoms with Gasteiger partial charge in [0, 0.05) is 12.6 Å². The molecule has 0 aliphatic heterocycles. The van der Waals surface area contributed by atoms with Gasteiger partial charge in [0.05, 0.1) is 6.10 Å². The second-order valence-electron chi connectivity index (χ2n) is 5.18. The number of nitrogens with one attached hydrogen (secondary N) is 1. The van der Waals surface area contributed by atoms with Crippen LogP contribution in [0.2, 0.25) is 0 Å². The molecule has 1 aromatic carbocycles. The molecule has 0 aromatic heterocycles. The van der Waals surface area contributed by atoms with Gasteiger partial charge in [-0.3, -0.25) is 0 Å². The second-order valence-corrected chi connectivity index (χ2v) is 5.18. The summed E-state index contributed by atoms with van der Waals surface area (Å²) in [5.41, 5.74) is 1.37. The summed E-state index contributed by atoms with van der Waals surface area (Å²) < 4.78 is 0. The van der Waals surface area contributed by atoms with Gasteiger partial charge in [0.2, 0.25) is 0 Å². The molecule has 17 heavy (non-hydrogen) atoms. The van der Waals surface area contributed by atoms with E-state index in [0.29, 0.717) is 12.0 Å². The maximum atomic E-state index is 9.89. The van der Waals surface area contributed by atoms with Gasteiger partial charge in [-0.1, -0.05) is 50.1 Å². The molecule has 3 atom stereocenters. The molecule has 0 amide bonds. The maximum absolute atomic E-state index is 9.89. The van der Waals surface area contributed by atoms with Crippen molar-refractivity contribution >= 4 is 0 Å². The average molecular weight is 233 g/mol. The fraction of sp³-hybridized carbons (Fsp3) is 0.600. The van der Waals surface area contributed by atoms with Gasteiger partial charge in [-0.15, -0.1) is 0 Å². The highest BCUT2D eigenvalue weighted by Crippen LogP contribution is 2.20. The lowest BCUT2D eigenvalue weighted by atomic mass is 9.92. The van der Waals surface area contributed by atoms with E-state index in [1.54, 1.807) is 0 Å². The van der Waals surface area contributed by atoms with Crippen LogP contribution >= 0.6 is 0 Å². The summed E-state index contributed by atoms with van der Waals surface area (Å²) in [5.74, 6) is 0.505. The number of benzene rings is 1. The van der Waals surface area contributed by atoms with Gasteiger partial charge in [0.15, 0.2) is 0 Å². The summed E-state index contributed by atoms with van der Waals surface area (Å²) in [6.45, 7) is 3.18. The number of aliphatic hydroxyl groups is 1. The largest absolute Gasteiger partial charge is 0.392 e. The van der Waals surface area contributed by atoms with Crippen molar-refractivity contribution in [3.05, 3.63) is 35.9 Å². The predicted molar refractivity (Wildman–Crippen MR) is 71.1 cm³/mol. The Balaban J connectivity index is 1.81. The van der Waals surface area contributed by atoms with Crippen LogP contribution in [0.4, 0.5) is 0 Å². The van der Waals surface area contributed by atoms with Gasteiger partial charge in [-0.25, -0.2) is 0 Å². The molecule has 0 saturated heterocycles. The van der Waals surface area contributed by atoms with E-state index < -0.39 is 0 Å². The third-order valence-electron chi connectivity index (χ3n) is 3.78. The van der Waals surface area contributed by atoms with E-state index in [9.17, 15) is 5.11 Å². The van der Waals surface area contributed by atoms with Crippen LogP contribution in [0.1, 0.15) is 44.1 Å². The van der Waals surface area contributed by atoms with Crippen LogP contribution in [0.3, 0.4) is 0 Å². The highest BCUT2D eigenvalue weighted by molar-refractivity contribution is 5.19. The Morgan fingerprint density at radius 1 is 1.24 bits per heavy atom. The Morgan fingerprint density at radius 3 is 2.65 bits per heavy atom. The molecule has 1 aliphatic carbocycles. The highest BCUT2D eigenvalue weighted by atomic mass is 16.3. The normalized spacial score (nSPS) is 26.7. The number of rotatable bonds is 4. The molecule has 1 fully saturated rings. The number of hydrogen-bond acceptors (Lipinski definition) is 2. The van der Waals surface area contributed by atoms with Crippen molar-refractivity contribution in [3.63, 3.8) is 0 Å². The van der Waals surface area contributed by atoms with E-state index in [0.717, 1.165) is 19.4 Å². The minimum atomic E-state index is -0.147. The van der Waals surface area contributed by atoms with Crippen molar-refractivity contribution in [1.29, 1.82) is 0 Å². The van der Waals surface area contributed by atoms with Crippen LogP contribution in [0.15, 0.2) is 30.3 Å². The van der Waals surface area contributed by atoms with Gasteiger partial charge >= 0.3 is 0 Å². The van der Waals surface area contributed by atoms with Crippen LogP contribution in [-0.2, 0) is 0 Å². The van der Waals surface area contributed by atoms with Crippen molar-refractivity contribution < 1.29 is 5.11 Å². The molecule has 2 N–H and O–H groups in total. The molecule has 2 nitrogen and oxygen atoms in total. The first-order valence-electron chi connectivity index (χ1n) is 6.74. The molecule has 0 radical (unpaired) electrons. The van der Waals surface area contributed by atoms with Crippen LogP contribution < -0.4 is 5.32 Å². The molecular weight excluding hydrogens is 210 g/mol. The van der Waals surface area contributed by atoms with Crippen LogP contribution in [0.25, 0.3) is 0 Å². The second kappa shape index (κ2) is 6.18. The molecule has 0 bridgehead atoms. The molecule has 1 saturated carbocycles. The Morgan fingerprint density at radius 2 is 1.94 bits per heavy atom. The van der Waals surface area contributed by atoms with Crippen LogP contribution in [-0.4, -0.2) is 23.8 Å². The molecule has 0 heterocycles. The molecule has 2 rings (SSSR count). The Bertz CT molecular complexity index is 325. The molecule has 0 spiro atoms. The zero-order chi connectivity index (χ0) is 12.1. The quantitative estimate of drug-likeness (QED) is 0.838. The highest BCUT2D eigenvalue weighted by Gasteiger charge is 2.22. The standard InChI is InChI=1S/C15H23NO/c1-12(13-7-3-2-4-8-13)11-16-14-9-5-6-10-15(14)17/h2-4,7-8,12,14-17H,5-6,9-11H2,1H3/t12?,14-,15-/m0/s1. The third-order valence-corrected chi connectivity index (χ3v) is 3.78. The SMILES string of the molecule is CC(CN[C@H]1CCCC[C@@H]1O)c1ccccc1. The van der Waals surface area contributed by atoms with E-state index in [4.69, 9.17) is 0 Å². The van der Waals surface area contributed by atoms with Crippen molar-refractivity contribution in [2.75, 3.05) is 6.54 Å². The Kier molecular flexibility index (Phi) is 4.57. The van der Waals surface area contributed by atoms with Crippen molar-refractivity contribution in [3.8, 4) is 0 Å². The summed E-state index contributed by atoms with van der Waals surface area (Å²) in [6, 6.07) is 10.9. The number of hydrogen-bond donors (Lipinski definition) is 2. The first-order valence-corrected chi connectivity index (χ1v) is 6.74. The van der Waals surface area contributed by atoms with Crippen molar-refractivity contribution in [2.24, 2.45) is 0 Å². The summed E-state index contributed by atoms with van der Waals surface area (Å²) in [4.78, 5) is 0. The summed E-state index contributed by atoms with van der Waals surface area (Å²) >= 11 is 0. The van der Waals surface area contributed by atoms with E-state index >= 15 is 0 Å². The molecule has 94 valence electrons. The van der Waals surface area contributed by atoms with Gasteiger partial charge in [0.1, 0.15) is 0 Å². The average Bonchev–Trinajstić information content (AvgIpc) is 2.38. The van der Waals surface area contributed by atoms with Gasteiger partial charge in [-0.2, -0.15) is 0 Å². The third kappa shape index (κ3) is 3.55. The maximum Gasteiger partial charge on any atom is 0.0693 e. The predicted octanol–water partition coefficient (Wildman–Crippen LogP) is 2.68. The fourth-order valence-electron chi connectivity index (χ4n) is 2.58. The van der Waals surface area contributed by atoms with Gasteiger partial charge in [-0.05, 0) is 24.3 Å². The molecule has 1 unspecified atom stereocenters. The Hall–Kier alpha value is -0.860. The van der Waals surface area contributed by atoms with E-state index in [-0.39, 0.29) is 6.10 Å². The minimum absolute atomic E-state index is 0.147. The smallest absolute Gasteiger partial charge is 0.0693 e. The zero-order valence-corrected chi connectivity index (χ0v) is 10.6. The molecular formula is C15H23NO. The van der Waals surface area contributed by atoms with E-state index in [2.05, 4.69) is 42.6 Å². The summed E-state index contributed by atoms with van der Waals surface area (Å²) in [7, 11) is 0. The lowest BCUT2D eigenvalue weighted by Gasteiger charge is -2.29. The summed E-state index contributed by atoms with van der Waals surface area (Å²) in [6.07, 6.45) is 4.34. The van der Waals surface area contributed by atoms with Crippen LogP contribution in [0, 0.1) is 0 Å². The lowest BCUT2D eigenvalue weighted by molar-refractivity contribution is 0.0905.